The summed E-state index contributed by atoms with van der Waals surface area (Å²) in [5.74, 6) is 1.26. The Morgan fingerprint density at radius 2 is 1.88 bits per heavy atom. The average Bonchev–Trinajstić information content (AvgIpc) is 2.51. The highest BCUT2D eigenvalue weighted by atomic mass is 35.5. The number of nitro groups is 1. The highest BCUT2D eigenvalue weighted by molar-refractivity contribution is 6.64. The lowest BCUT2D eigenvalue weighted by molar-refractivity contribution is -0.384. The van der Waals surface area contributed by atoms with Crippen LogP contribution in [0.4, 0.5) is 5.69 Å². The molecule has 2 rings (SSSR count). The van der Waals surface area contributed by atoms with Crippen molar-refractivity contribution in [3.63, 3.8) is 0 Å². The minimum atomic E-state index is -0.763. The molecule has 0 aromatic heterocycles. The molecule has 0 aliphatic heterocycles. The number of carbonyl (C=O) groups is 1. The lowest BCUT2D eigenvalue weighted by Gasteiger charge is -2.14. The molecule has 1 unspecified atom stereocenters. The molecule has 0 N–H and O–H groups in total. The summed E-state index contributed by atoms with van der Waals surface area (Å²) in [5, 5.41) is 10.2. The minimum absolute atomic E-state index is 0.119. The van der Waals surface area contributed by atoms with Crippen molar-refractivity contribution in [2.24, 2.45) is 0 Å². The molecule has 1 atom stereocenters. The fourth-order valence-corrected chi connectivity index (χ4v) is 2.13. The van der Waals surface area contributed by atoms with E-state index in [1.807, 2.05) is 0 Å². The van der Waals surface area contributed by atoms with Gasteiger partial charge in [0.25, 0.3) is 10.9 Å². The van der Waals surface area contributed by atoms with Crippen LogP contribution >= 0.6 is 23.2 Å². The first kappa shape index (κ1) is 18.0. The number of hydrogen-bond acceptors (Lipinski definition) is 5. The second kappa shape index (κ2) is 7.51. The van der Waals surface area contributed by atoms with Gasteiger partial charge in [-0.25, -0.2) is 0 Å². The van der Waals surface area contributed by atoms with Gasteiger partial charge in [0, 0.05) is 12.1 Å². The van der Waals surface area contributed by atoms with Crippen LogP contribution in [0.15, 0.2) is 36.4 Å². The van der Waals surface area contributed by atoms with Gasteiger partial charge in [0.15, 0.2) is 6.10 Å². The first-order valence-electron chi connectivity index (χ1n) is 6.86. The Bertz CT molecular complexity index is 794. The Balaban J connectivity index is 2.18. The standard InChI is InChI=1S/C16H13Cl2NO5/c1-9-7-12(4-6-14(9)23-10(2)16(18)20)24-15-5-3-11(19(21)22)8-13(15)17/h3-8,10H,1-2H3. The summed E-state index contributed by atoms with van der Waals surface area (Å²) in [6, 6.07) is 8.91. The Labute approximate surface area is 148 Å². The van der Waals surface area contributed by atoms with Gasteiger partial charge in [-0.1, -0.05) is 11.6 Å². The van der Waals surface area contributed by atoms with Crippen molar-refractivity contribution in [2.45, 2.75) is 20.0 Å². The van der Waals surface area contributed by atoms with Gasteiger partial charge >= 0.3 is 0 Å². The van der Waals surface area contributed by atoms with Crippen LogP contribution in [0, 0.1) is 17.0 Å². The number of ether oxygens (including phenoxy) is 2. The topological polar surface area (TPSA) is 78.7 Å². The summed E-state index contributed by atoms with van der Waals surface area (Å²) in [6.07, 6.45) is -0.763. The van der Waals surface area contributed by atoms with E-state index in [1.54, 1.807) is 32.0 Å². The van der Waals surface area contributed by atoms with E-state index < -0.39 is 16.3 Å². The zero-order valence-corrected chi connectivity index (χ0v) is 14.3. The fourth-order valence-electron chi connectivity index (χ4n) is 1.87. The first-order chi connectivity index (χ1) is 11.3. The van der Waals surface area contributed by atoms with E-state index in [2.05, 4.69) is 0 Å². The molecule has 2 aromatic carbocycles. The lowest BCUT2D eigenvalue weighted by Crippen LogP contribution is -2.19. The molecule has 0 heterocycles. The highest BCUT2D eigenvalue weighted by Gasteiger charge is 2.14. The monoisotopic (exact) mass is 369 g/mol. The summed E-state index contributed by atoms with van der Waals surface area (Å²) in [7, 11) is 0. The molecule has 0 aliphatic rings. The van der Waals surface area contributed by atoms with Crippen LogP contribution in [0.1, 0.15) is 12.5 Å². The SMILES string of the molecule is Cc1cc(Oc2ccc([N+](=O)[O-])cc2Cl)ccc1OC(C)C(=O)Cl. The number of benzene rings is 2. The molecule has 0 bridgehead atoms. The number of hydrogen-bond donors (Lipinski definition) is 0. The molecule has 24 heavy (non-hydrogen) atoms. The van der Waals surface area contributed by atoms with Crippen LogP contribution in [0.25, 0.3) is 0 Å². The van der Waals surface area contributed by atoms with Crippen LogP contribution in [0.5, 0.6) is 17.2 Å². The molecule has 0 fully saturated rings. The van der Waals surface area contributed by atoms with E-state index in [0.29, 0.717) is 17.2 Å². The van der Waals surface area contributed by atoms with Gasteiger partial charge in [-0.15, -0.1) is 0 Å². The number of halogens is 2. The zero-order chi connectivity index (χ0) is 17.9. The number of rotatable bonds is 6. The quantitative estimate of drug-likeness (QED) is 0.411. The van der Waals surface area contributed by atoms with Gasteiger partial charge in [-0.3, -0.25) is 14.9 Å². The molecular weight excluding hydrogens is 357 g/mol. The average molecular weight is 370 g/mol. The summed E-state index contributed by atoms with van der Waals surface area (Å²) in [4.78, 5) is 21.2. The van der Waals surface area contributed by atoms with E-state index >= 15 is 0 Å². The Morgan fingerprint density at radius 1 is 1.21 bits per heavy atom. The largest absolute Gasteiger partial charge is 0.481 e. The number of non-ortho nitro benzene ring substituents is 1. The maximum absolute atomic E-state index is 11.0. The predicted octanol–water partition coefficient (Wildman–Crippen LogP) is 4.88. The van der Waals surface area contributed by atoms with Crippen LogP contribution < -0.4 is 9.47 Å². The third kappa shape index (κ3) is 4.37. The van der Waals surface area contributed by atoms with Crippen LogP contribution in [-0.4, -0.2) is 16.3 Å². The van der Waals surface area contributed by atoms with Crippen molar-refractivity contribution >= 4 is 34.1 Å². The maximum atomic E-state index is 11.0. The lowest BCUT2D eigenvalue weighted by atomic mass is 10.2. The van der Waals surface area contributed by atoms with Gasteiger partial charge in [-0.2, -0.15) is 0 Å². The van der Waals surface area contributed by atoms with Crippen molar-refractivity contribution < 1.29 is 19.2 Å². The molecule has 6 nitrogen and oxygen atoms in total. The van der Waals surface area contributed by atoms with E-state index in [9.17, 15) is 14.9 Å². The van der Waals surface area contributed by atoms with Gasteiger partial charge in [-0.05, 0) is 55.3 Å². The maximum Gasteiger partial charge on any atom is 0.271 e. The van der Waals surface area contributed by atoms with Gasteiger partial charge in [0.05, 0.1) is 9.95 Å². The normalized spacial score (nSPS) is 11.7. The van der Waals surface area contributed by atoms with E-state index in [0.717, 1.165) is 5.56 Å². The molecule has 0 amide bonds. The van der Waals surface area contributed by atoms with Crippen molar-refractivity contribution in [2.75, 3.05) is 0 Å². The number of aryl methyl sites for hydroxylation is 1. The van der Waals surface area contributed by atoms with Gasteiger partial charge < -0.3 is 9.47 Å². The zero-order valence-electron chi connectivity index (χ0n) is 12.8. The molecule has 2 aromatic rings. The van der Waals surface area contributed by atoms with Crippen LogP contribution in [-0.2, 0) is 4.79 Å². The van der Waals surface area contributed by atoms with E-state index in [4.69, 9.17) is 32.7 Å². The Kier molecular flexibility index (Phi) is 5.64. The third-order valence-corrected chi connectivity index (χ3v) is 3.73. The van der Waals surface area contributed by atoms with E-state index in [-0.39, 0.29) is 10.7 Å². The number of carbonyl (C=O) groups excluding carboxylic acids is 1. The van der Waals surface area contributed by atoms with E-state index in [1.165, 1.54) is 18.2 Å². The van der Waals surface area contributed by atoms with Gasteiger partial charge in [0.2, 0.25) is 0 Å². The van der Waals surface area contributed by atoms with Crippen molar-refractivity contribution in [3.05, 3.63) is 57.1 Å². The summed E-state index contributed by atoms with van der Waals surface area (Å²) in [5.41, 5.74) is 0.613. The Hall–Kier alpha value is -2.31. The predicted molar refractivity (Wildman–Crippen MR) is 90.3 cm³/mol. The van der Waals surface area contributed by atoms with Crippen molar-refractivity contribution in [1.29, 1.82) is 0 Å². The molecule has 0 saturated carbocycles. The number of nitrogens with zero attached hydrogens (tertiary/aromatic N) is 1. The second-order valence-electron chi connectivity index (χ2n) is 4.97. The van der Waals surface area contributed by atoms with Crippen molar-refractivity contribution in [1.82, 2.24) is 0 Å². The molecule has 0 spiro atoms. The second-order valence-corrected chi connectivity index (χ2v) is 5.75. The molecule has 0 saturated heterocycles. The molecule has 0 aliphatic carbocycles. The fraction of sp³-hybridized carbons (Fsp3) is 0.188. The first-order valence-corrected chi connectivity index (χ1v) is 7.62. The smallest absolute Gasteiger partial charge is 0.271 e. The Morgan fingerprint density at radius 3 is 2.42 bits per heavy atom. The summed E-state index contributed by atoms with van der Waals surface area (Å²) in [6.45, 7) is 3.33. The molecular formula is C16H13Cl2NO5. The van der Waals surface area contributed by atoms with Crippen LogP contribution in [0.3, 0.4) is 0 Å². The highest BCUT2D eigenvalue weighted by Crippen LogP contribution is 2.34. The summed E-state index contributed by atoms with van der Waals surface area (Å²) < 4.78 is 11.1. The minimum Gasteiger partial charge on any atom is -0.481 e. The molecule has 126 valence electrons. The summed E-state index contributed by atoms with van der Waals surface area (Å²) >= 11 is 11.4. The number of nitro benzene ring substituents is 1. The molecule has 0 radical (unpaired) electrons. The van der Waals surface area contributed by atoms with Gasteiger partial charge in [0.1, 0.15) is 17.2 Å². The van der Waals surface area contributed by atoms with Crippen molar-refractivity contribution in [3.8, 4) is 17.2 Å². The molecule has 8 heteroatoms. The van der Waals surface area contributed by atoms with Crippen LogP contribution in [0.2, 0.25) is 5.02 Å². The third-order valence-electron chi connectivity index (χ3n) is 3.12.